The fraction of sp³-hybridized carbons (Fsp3) is 0.467. The van der Waals surface area contributed by atoms with Crippen molar-refractivity contribution in [3.8, 4) is 0 Å². The van der Waals surface area contributed by atoms with Gasteiger partial charge in [0.05, 0.1) is 10.9 Å². The second-order valence-electron chi connectivity index (χ2n) is 5.83. The Morgan fingerprint density at radius 1 is 1.29 bits per heavy atom. The van der Waals surface area contributed by atoms with Crippen LogP contribution in [-0.4, -0.2) is 23.0 Å². The van der Waals surface area contributed by atoms with Crippen molar-refractivity contribution in [3.63, 3.8) is 0 Å². The number of amides is 1. The van der Waals surface area contributed by atoms with Crippen molar-refractivity contribution in [2.75, 3.05) is 0 Å². The highest BCUT2D eigenvalue weighted by Gasteiger charge is 2.51. The summed E-state index contributed by atoms with van der Waals surface area (Å²) in [6, 6.07) is 4.69. The van der Waals surface area contributed by atoms with Gasteiger partial charge in [0.2, 0.25) is 0 Å². The average Bonchev–Trinajstić information content (AvgIpc) is 3.02. The largest absolute Gasteiger partial charge is 0.481 e. The number of fused-ring (bicyclic) bond motifs is 2. The molecular formula is C15H15BrClNO3. The van der Waals surface area contributed by atoms with Crippen LogP contribution >= 0.6 is 27.5 Å². The molecule has 0 spiro atoms. The van der Waals surface area contributed by atoms with E-state index in [4.69, 9.17) is 11.6 Å². The first kappa shape index (κ1) is 14.9. The smallest absolute Gasteiger partial charge is 0.308 e. The van der Waals surface area contributed by atoms with Crippen LogP contribution in [-0.2, 0) is 4.79 Å². The SMILES string of the molecule is O=C(NC1C2CCC(C2)C1C(=O)O)c1ccc(Cl)c(Br)c1. The quantitative estimate of drug-likeness (QED) is 0.855. The molecule has 2 bridgehead atoms. The Morgan fingerprint density at radius 3 is 2.67 bits per heavy atom. The number of hydrogen-bond acceptors (Lipinski definition) is 2. The molecule has 1 aromatic carbocycles. The molecule has 2 aliphatic carbocycles. The van der Waals surface area contributed by atoms with Gasteiger partial charge in [-0.2, -0.15) is 0 Å². The summed E-state index contributed by atoms with van der Waals surface area (Å²) >= 11 is 9.20. The van der Waals surface area contributed by atoms with Crippen LogP contribution in [0, 0.1) is 17.8 Å². The second-order valence-corrected chi connectivity index (χ2v) is 7.09. The Morgan fingerprint density at radius 2 is 2.00 bits per heavy atom. The maximum Gasteiger partial charge on any atom is 0.308 e. The second kappa shape index (κ2) is 5.61. The fourth-order valence-corrected chi connectivity index (χ4v) is 4.22. The molecule has 2 fully saturated rings. The molecule has 4 unspecified atom stereocenters. The topological polar surface area (TPSA) is 66.4 Å². The molecule has 0 aliphatic heterocycles. The zero-order valence-electron chi connectivity index (χ0n) is 11.2. The van der Waals surface area contributed by atoms with Gasteiger partial charge in [0, 0.05) is 16.1 Å². The minimum absolute atomic E-state index is 0.203. The van der Waals surface area contributed by atoms with Gasteiger partial charge < -0.3 is 10.4 Å². The molecule has 1 amide bonds. The highest BCUT2D eigenvalue weighted by molar-refractivity contribution is 9.10. The number of rotatable bonds is 3. The highest BCUT2D eigenvalue weighted by Crippen LogP contribution is 2.48. The number of halogens is 2. The van der Waals surface area contributed by atoms with E-state index < -0.39 is 11.9 Å². The van der Waals surface area contributed by atoms with E-state index in [1.807, 2.05) is 0 Å². The summed E-state index contributed by atoms with van der Waals surface area (Å²) < 4.78 is 0.652. The third kappa shape index (κ3) is 2.69. The molecule has 4 nitrogen and oxygen atoms in total. The number of carboxylic acid groups (broad SMARTS) is 1. The Bertz CT molecular complexity index is 607. The molecule has 6 heteroatoms. The van der Waals surface area contributed by atoms with Crippen LogP contribution in [0.3, 0.4) is 0 Å². The van der Waals surface area contributed by atoms with Gasteiger partial charge in [-0.15, -0.1) is 0 Å². The van der Waals surface area contributed by atoms with Gasteiger partial charge in [0.1, 0.15) is 0 Å². The van der Waals surface area contributed by atoms with Gasteiger partial charge in [-0.05, 0) is 65.2 Å². The Labute approximate surface area is 136 Å². The number of carbonyl (C=O) groups excluding carboxylic acids is 1. The van der Waals surface area contributed by atoms with Gasteiger partial charge in [0.15, 0.2) is 0 Å². The van der Waals surface area contributed by atoms with Crippen molar-refractivity contribution >= 4 is 39.4 Å². The van der Waals surface area contributed by atoms with Crippen LogP contribution in [0.25, 0.3) is 0 Å². The predicted molar refractivity (Wildman–Crippen MR) is 82.4 cm³/mol. The third-order valence-corrected chi connectivity index (χ3v) is 5.90. The first-order valence-corrected chi connectivity index (χ1v) is 8.13. The number of carboxylic acids is 1. The van der Waals surface area contributed by atoms with Crippen molar-refractivity contribution in [1.82, 2.24) is 5.32 Å². The lowest BCUT2D eigenvalue weighted by Gasteiger charge is -2.28. The lowest BCUT2D eigenvalue weighted by atomic mass is 9.84. The van der Waals surface area contributed by atoms with Gasteiger partial charge in [0.25, 0.3) is 5.91 Å². The molecular weight excluding hydrogens is 358 g/mol. The van der Waals surface area contributed by atoms with Crippen LogP contribution in [0.1, 0.15) is 29.6 Å². The molecule has 0 aromatic heterocycles. The molecule has 3 rings (SSSR count). The normalized spacial score (nSPS) is 30.4. The lowest BCUT2D eigenvalue weighted by molar-refractivity contribution is -0.144. The zero-order valence-corrected chi connectivity index (χ0v) is 13.5. The minimum Gasteiger partial charge on any atom is -0.481 e. The fourth-order valence-electron chi connectivity index (χ4n) is 3.73. The van der Waals surface area contributed by atoms with Gasteiger partial charge in [-0.25, -0.2) is 0 Å². The number of aliphatic carboxylic acids is 1. The average molecular weight is 373 g/mol. The third-order valence-electron chi connectivity index (χ3n) is 4.68. The summed E-state index contributed by atoms with van der Waals surface area (Å²) in [6.45, 7) is 0. The molecule has 112 valence electrons. The summed E-state index contributed by atoms with van der Waals surface area (Å²) in [5, 5.41) is 12.9. The van der Waals surface area contributed by atoms with E-state index in [-0.39, 0.29) is 23.8 Å². The lowest BCUT2D eigenvalue weighted by Crippen LogP contribution is -2.46. The zero-order chi connectivity index (χ0) is 15.1. The summed E-state index contributed by atoms with van der Waals surface area (Å²) in [6.07, 6.45) is 2.87. The Balaban J connectivity index is 1.77. The van der Waals surface area contributed by atoms with E-state index in [0.29, 0.717) is 15.1 Å². The molecule has 2 aliphatic rings. The van der Waals surface area contributed by atoms with Crippen molar-refractivity contribution in [2.45, 2.75) is 25.3 Å². The van der Waals surface area contributed by atoms with Gasteiger partial charge >= 0.3 is 5.97 Å². The Kier molecular flexibility index (Phi) is 3.97. The van der Waals surface area contributed by atoms with Crippen molar-refractivity contribution < 1.29 is 14.7 Å². The summed E-state index contributed by atoms with van der Waals surface area (Å²) in [5.74, 6) is -1.00. The van der Waals surface area contributed by atoms with E-state index in [9.17, 15) is 14.7 Å². The first-order chi connectivity index (χ1) is 9.97. The summed E-state index contributed by atoms with van der Waals surface area (Å²) in [4.78, 5) is 23.8. The number of carbonyl (C=O) groups is 2. The minimum atomic E-state index is -0.801. The van der Waals surface area contributed by atoms with Crippen LogP contribution in [0.4, 0.5) is 0 Å². The highest BCUT2D eigenvalue weighted by atomic mass is 79.9. The van der Waals surface area contributed by atoms with E-state index in [0.717, 1.165) is 19.3 Å². The molecule has 2 saturated carbocycles. The van der Waals surface area contributed by atoms with Crippen LogP contribution < -0.4 is 5.32 Å². The van der Waals surface area contributed by atoms with Crippen molar-refractivity contribution in [1.29, 1.82) is 0 Å². The van der Waals surface area contributed by atoms with E-state index >= 15 is 0 Å². The molecule has 1 aromatic rings. The number of benzene rings is 1. The van der Waals surface area contributed by atoms with Crippen molar-refractivity contribution in [2.24, 2.45) is 17.8 Å². The summed E-state index contributed by atoms with van der Waals surface area (Å²) in [7, 11) is 0. The van der Waals surface area contributed by atoms with Gasteiger partial charge in [-0.1, -0.05) is 11.6 Å². The Hall–Kier alpha value is -1.07. The van der Waals surface area contributed by atoms with E-state index in [1.165, 1.54) is 0 Å². The standard InChI is InChI=1S/C15H15BrClNO3/c16-10-6-9(3-4-11(10)17)14(19)18-13-8-2-1-7(5-8)12(13)15(20)21/h3-4,6-8,12-13H,1-2,5H2,(H,18,19)(H,20,21). The molecule has 21 heavy (non-hydrogen) atoms. The predicted octanol–water partition coefficient (Wildman–Crippen LogP) is 3.33. The molecule has 2 N–H and O–H groups in total. The first-order valence-electron chi connectivity index (χ1n) is 6.96. The monoisotopic (exact) mass is 371 g/mol. The van der Waals surface area contributed by atoms with Crippen LogP contribution in [0.15, 0.2) is 22.7 Å². The molecule has 0 heterocycles. The molecule has 0 radical (unpaired) electrons. The van der Waals surface area contributed by atoms with Crippen LogP contribution in [0.2, 0.25) is 5.02 Å². The molecule has 4 atom stereocenters. The van der Waals surface area contributed by atoms with Crippen LogP contribution in [0.5, 0.6) is 0 Å². The number of nitrogens with one attached hydrogen (secondary N) is 1. The number of hydrogen-bond donors (Lipinski definition) is 2. The maximum atomic E-state index is 12.3. The molecule has 0 saturated heterocycles. The van der Waals surface area contributed by atoms with E-state index in [1.54, 1.807) is 18.2 Å². The summed E-state index contributed by atoms with van der Waals surface area (Å²) in [5.41, 5.74) is 0.484. The van der Waals surface area contributed by atoms with E-state index in [2.05, 4.69) is 21.2 Å². The van der Waals surface area contributed by atoms with Gasteiger partial charge in [-0.3, -0.25) is 9.59 Å². The maximum absolute atomic E-state index is 12.3. The van der Waals surface area contributed by atoms with Crippen molar-refractivity contribution in [3.05, 3.63) is 33.3 Å².